The molecule has 2 aromatic rings. The molecule has 4 rings (SSSR count). The minimum absolute atomic E-state index is 0.0499. The van der Waals surface area contributed by atoms with Crippen molar-refractivity contribution < 1.29 is 27.5 Å². The summed E-state index contributed by atoms with van der Waals surface area (Å²) in [4.78, 5) is 25.1. The summed E-state index contributed by atoms with van der Waals surface area (Å²) in [6.07, 6.45) is 1.16. The molecule has 2 aliphatic rings. The van der Waals surface area contributed by atoms with Gasteiger partial charge in [0.15, 0.2) is 11.5 Å². The second kappa shape index (κ2) is 7.25. The van der Waals surface area contributed by atoms with Crippen LogP contribution in [0.5, 0.6) is 11.5 Å². The molecule has 0 unspecified atom stereocenters. The smallest absolute Gasteiger partial charge is 0.240 e. The first-order chi connectivity index (χ1) is 13.4. The van der Waals surface area contributed by atoms with E-state index < -0.39 is 10.0 Å². The van der Waals surface area contributed by atoms with Crippen molar-refractivity contribution in [3.63, 3.8) is 0 Å². The number of nitrogens with zero attached hydrogens (tertiary/aromatic N) is 1. The van der Waals surface area contributed by atoms with Gasteiger partial charge in [0.2, 0.25) is 28.6 Å². The Hall–Kier alpha value is -2.91. The summed E-state index contributed by atoms with van der Waals surface area (Å²) >= 11 is 0. The normalized spacial score (nSPS) is 16.5. The van der Waals surface area contributed by atoms with Crippen LogP contribution in [0.3, 0.4) is 0 Å². The Balaban J connectivity index is 1.47. The van der Waals surface area contributed by atoms with Gasteiger partial charge in [-0.1, -0.05) is 6.07 Å². The van der Waals surface area contributed by atoms with E-state index in [2.05, 4.69) is 4.72 Å². The van der Waals surface area contributed by atoms with Gasteiger partial charge in [-0.15, -0.1) is 0 Å². The molecule has 0 saturated carbocycles. The van der Waals surface area contributed by atoms with Crippen molar-refractivity contribution in [2.75, 3.05) is 11.7 Å². The third kappa shape index (κ3) is 3.58. The van der Waals surface area contributed by atoms with Gasteiger partial charge in [0.25, 0.3) is 0 Å². The number of amides is 2. The number of carbonyl (C=O) groups excluding carboxylic acids is 2. The molecular weight excluding hydrogens is 384 g/mol. The molecular formula is C19H18N2O6S. The third-order valence-electron chi connectivity index (χ3n) is 4.59. The lowest BCUT2D eigenvalue weighted by Gasteiger charge is -2.24. The average Bonchev–Trinajstić information content (AvgIpc) is 3.15. The lowest BCUT2D eigenvalue weighted by Crippen LogP contribution is -2.40. The second-order valence-corrected chi connectivity index (χ2v) is 8.25. The van der Waals surface area contributed by atoms with Crippen LogP contribution >= 0.6 is 0 Å². The predicted molar refractivity (Wildman–Crippen MR) is 99.4 cm³/mol. The monoisotopic (exact) mass is 402 g/mol. The molecule has 28 heavy (non-hydrogen) atoms. The lowest BCUT2D eigenvalue weighted by atomic mass is 10.1. The molecule has 2 aromatic carbocycles. The zero-order valence-electron chi connectivity index (χ0n) is 14.9. The number of sulfonamides is 1. The van der Waals surface area contributed by atoms with E-state index in [0.29, 0.717) is 36.4 Å². The molecule has 0 radical (unpaired) electrons. The number of fused-ring (bicyclic) bond motifs is 1. The van der Waals surface area contributed by atoms with Gasteiger partial charge < -0.3 is 9.47 Å². The van der Waals surface area contributed by atoms with Gasteiger partial charge >= 0.3 is 0 Å². The van der Waals surface area contributed by atoms with Crippen LogP contribution in [0.4, 0.5) is 5.69 Å². The lowest BCUT2D eigenvalue weighted by molar-refractivity contribution is -0.129. The zero-order chi connectivity index (χ0) is 19.7. The zero-order valence-corrected chi connectivity index (χ0v) is 15.7. The van der Waals surface area contributed by atoms with Crippen LogP contribution in [0.1, 0.15) is 24.8 Å². The van der Waals surface area contributed by atoms with E-state index in [4.69, 9.17) is 9.47 Å². The van der Waals surface area contributed by atoms with Gasteiger partial charge in [-0.3, -0.25) is 14.5 Å². The Morgan fingerprint density at radius 3 is 2.32 bits per heavy atom. The number of hydrogen-bond donors (Lipinski definition) is 1. The molecule has 0 aliphatic carbocycles. The fourth-order valence-electron chi connectivity index (χ4n) is 3.13. The molecule has 1 saturated heterocycles. The number of carbonyl (C=O) groups is 2. The summed E-state index contributed by atoms with van der Waals surface area (Å²) in [5, 5.41) is 0. The van der Waals surface area contributed by atoms with E-state index >= 15 is 0 Å². The molecule has 2 amide bonds. The van der Waals surface area contributed by atoms with Crippen molar-refractivity contribution in [2.45, 2.75) is 30.7 Å². The van der Waals surface area contributed by atoms with Crippen LogP contribution in [0, 0.1) is 0 Å². The highest BCUT2D eigenvalue weighted by Gasteiger charge is 2.27. The van der Waals surface area contributed by atoms with Gasteiger partial charge in [-0.25, -0.2) is 13.1 Å². The van der Waals surface area contributed by atoms with Crippen molar-refractivity contribution in [2.24, 2.45) is 0 Å². The number of ether oxygens (including phenoxy) is 2. The third-order valence-corrected chi connectivity index (χ3v) is 6.01. The van der Waals surface area contributed by atoms with E-state index in [1.54, 1.807) is 18.2 Å². The SMILES string of the molecule is O=C1CCCC(=O)N1c1ccc(S(=O)(=O)NCc2ccc3c(c2)OCO3)cc1. The summed E-state index contributed by atoms with van der Waals surface area (Å²) in [7, 11) is -3.76. The van der Waals surface area contributed by atoms with Crippen LogP contribution in [-0.4, -0.2) is 27.0 Å². The van der Waals surface area contributed by atoms with Crippen LogP contribution in [0.15, 0.2) is 47.4 Å². The highest BCUT2D eigenvalue weighted by Crippen LogP contribution is 2.32. The molecule has 0 aromatic heterocycles. The van der Waals surface area contributed by atoms with E-state index in [1.807, 2.05) is 0 Å². The fourth-order valence-corrected chi connectivity index (χ4v) is 4.15. The summed E-state index contributed by atoms with van der Waals surface area (Å²) in [5.41, 5.74) is 1.11. The number of anilines is 1. The molecule has 8 nitrogen and oxygen atoms in total. The van der Waals surface area contributed by atoms with Crippen molar-refractivity contribution in [1.82, 2.24) is 4.72 Å². The van der Waals surface area contributed by atoms with Crippen molar-refractivity contribution in [3.8, 4) is 11.5 Å². The van der Waals surface area contributed by atoms with E-state index in [-0.39, 0.29) is 30.0 Å². The Kier molecular flexibility index (Phi) is 4.78. The quantitative estimate of drug-likeness (QED) is 0.767. The first-order valence-electron chi connectivity index (χ1n) is 8.78. The van der Waals surface area contributed by atoms with E-state index in [1.165, 1.54) is 24.3 Å². The van der Waals surface area contributed by atoms with Crippen LogP contribution in [-0.2, 0) is 26.2 Å². The Bertz CT molecular complexity index is 1020. The number of rotatable bonds is 5. The van der Waals surface area contributed by atoms with Crippen LogP contribution in [0.25, 0.3) is 0 Å². The summed E-state index contributed by atoms with van der Waals surface area (Å²) in [6.45, 7) is 0.239. The highest BCUT2D eigenvalue weighted by atomic mass is 32.2. The van der Waals surface area contributed by atoms with Gasteiger partial charge in [-0.05, 0) is 48.4 Å². The molecule has 2 aliphatic heterocycles. The number of piperidine rings is 1. The first-order valence-corrected chi connectivity index (χ1v) is 10.3. The summed E-state index contributed by atoms with van der Waals surface area (Å²) < 4.78 is 38.1. The Morgan fingerprint density at radius 2 is 1.61 bits per heavy atom. The topological polar surface area (TPSA) is 102 Å². The summed E-state index contributed by atoms with van der Waals surface area (Å²) in [6, 6.07) is 10.9. The van der Waals surface area contributed by atoms with E-state index in [9.17, 15) is 18.0 Å². The molecule has 1 fully saturated rings. The first kappa shape index (κ1) is 18.5. The average molecular weight is 402 g/mol. The second-order valence-electron chi connectivity index (χ2n) is 6.48. The number of hydrogen-bond acceptors (Lipinski definition) is 6. The maximum absolute atomic E-state index is 12.5. The molecule has 0 bridgehead atoms. The molecule has 1 N–H and O–H groups in total. The fraction of sp³-hybridized carbons (Fsp3) is 0.263. The van der Waals surface area contributed by atoms with Crippen molar-refractivity contribution in [3.05, 3.63) is 48.0 Å². The number of nitrogens with one attached hydrogen (secondary N) is 1. The van der Waals surface area contributed by atoms with Crippen LogP contribution < -0.4 is 19.1 Å². The standard InChI is InChI=1S/C19H18N2O6S/c22-18-2-1-3-19(23)21(18)14-5-7-15(8-6-14)28(24,25)20-11-13-4-9-16-17(10-13)27-12-26-16/h4-10,20H,1-3,11-12H2. The molecule has 9 heteroatoms. The Morgan fingerprint density at radius 1 is 0.929 bits per heavy atom. The maximum Gasteiger partial charge on any atom is 0.240 e. The van der Waals surface area contributed by atoms with Crippen molar-refractivity contribution >= 4 is 27.5 Å². The Labute approximate surface area is 162 Å². The molecule has 0 spiro atoms. The van der Waals surface area contributed by atoms with Crippen LogP contribution in [0.2, 0.25) is 0 Å². The maximum atomic E-state index is 12.5. The summed E-state index contributed by atoms with van der Waals surface area (Å²) in [5.74, 6) is 0.668. The van der Waals surface area contributed by atoms with Crippen molar-refractivity contribution in [1.29, 1.82) is 0 Å². The number of imide groups is 1. The van der Waals surface area contributed by atoms with Gasteiger partial charge in [0, 0.05) is 19.4 Å². The predicted octanol–water partition coefficient (Wildman–Crippen LogP) is 1.94. The van der Waals surface area contributed by atoms with Gasteiger partial charge in [-0.2, -0.15) is 0 Å². The van der Waals surface area contributed by atoms with E-state index in [0.717, 1.165) is 10.5 Å². The van der Waals surface area contributed by atoms with Gasteiger partial charge in [0.05, 0.1) is 10.6 Å². The minimum Gasteiger partial charge on any atom is -0.454 e. The van der Waals surface area contributed by atoms with Gasteiger partial charge in [0.1, 0.15) is 0 Å². The minimum atomic E-state index is -3.76. The molecule has 146 valence electrons. The molecule has 2 heterocycles. The number of benzene rings is 2. The largest absolute Gasteiger partial charge is 0.454 e. The highest BCUT2D eigenvalue weighted by molar-refractivity contribution is 7.89. The molecule has 0 atom stereocenters.